The second kappa shape index (κ2) is 6.67. The number of nitrogens with zero attached hydrogens (tertiary/aromatic N) is 2. The summed E-state index contributed by atoms with van der Waals surface area (Å²) in [6, 6.07) is 13.9. The molecule has 0 fully saturated rings. The Morgan fingerprint density at radius 1 is 1.17 bits per heavy atom. The second-order valence-electron chi connectivity index (χ2n) is 5.44. The summed E-state index contributed by atoms with van der Waals surface area (Å²) >= 11 is 6.08. The van der Waals surface area contributed by atoms with Crippen molar-refractivity contribution in [3.63, 3.8) is 0 Å². The molecule has 3 rings (SSSR count). The number of sulfonamides is 1. The topological polar surface area (TPSA) is 64.0 Å². The zero-order chi connectivity index (χ0) is 17.2. The number of hydrogen-bond acceptors (Lipinski definition) is 3. The largest absolute Gasteiger partial charge is 0.280 e. The minimum atomic E-state index is -3.74. The van der Waals surface area contributed by atoms with E-state index in [-0.39, 0.29) is 9.92 Å². The fourth-order valence-corrected chi connectivity index (χ4v) is 4.00. The minimum absolute atomic E-state index is 0.0623. The van der Waals surface area contributed by atoms with Crippen LogP contribution in [0.2, 0.25) is 5.02 Å². The van der Waals surface area contributed by atoms with Gasteiger partial charge in [-0.05, 0) is 48.4 Å². The Morgan fingerprint density at radius 2 is 2.00 bits per heavy atom. The van der Waals surface area contributed by atoms with Crippen molar-refractivity contribution in [1.82, 2.24) is 9.78 Å². The van der Waals surface area contributed by atoms with Gasteiger partial charge >= 0.3 is 0 Å². The molecule has 0 radical (unpaired) electrons. The Morgan fingerprint density at radius 3 is 2.71 bits per heavy atom. The van der Waals surface area contributed by atoms with Gasteiger partial charge in [-0.1, -0.05) is 29.8 Å². The molecular formula is C17H16ClN3O2S. The second-order valence-corrected chi connectivity index (χ2v) is 7.50. The molecule has 0 aliphatic carbocycles. The Bertz CT molecular complexity index is 954. The van der Waals surface area contributed by atoms with Gasteiger partial charge in [0.15, 0.2) is 0 Å². The molecule has 0 spiro atoms. The molecule has 5 nitrogen and oxygen atoms in total. The van der Waals surface area contributed by atoms with Crippen LogP contribution >= 0.6 is 11.6 Å². The smallest absolute Gasteiger partial charge is 0.263 e. The summed E-state index contributed by atoms with van der Waals surface area (Å²) in [5, 5.41) is 4.35. The van der Waals surface area contributed by atoms with E-state index in [1.165, 1.54) is 6.07 Å². The summed E-state index contributed by atoms with van der Waals surface area (Å²) < 4.78 is 29.4. The van der Waals surface area contributed by atoms with Crippen LogP contribution in [0.1, 0.15) is 11.1 Å². The number of aryl methyl sites for hydroxylation is 1. The third kappa shape index (κ3) is 3.77. The van der Waals surface area contributed by atoms with Crippen LogP contribution in [0.15, 0.2) is 65.8 Å². The third-order valence-electron chi connectivity index (χ3n) is 3.46. The summed E-state index contributed by atoms with van der Waals surface area (Å²) in [4.78, 5) is 0.0623. The summed E-state index contributed by atoms with van der Waals surface area (Å²) in [5.41, 5.74) is 2.32. The molecular weight excluding hydrogens is 346 g/mol. The Balaban J connectivity index is 1.84. The molecule has 0 saturated heterocycles. The fourth-order valence-electron chi connectivity index (χ4n) is 2.35. The van der Waals surface area contributed by atoms with Gasteiger partial charge in [-0.15, -0.1) is 0 Å². The molecule has 2 aromatic carbocycles. The lowest BCUT2D eigenvalue weighted by Crippen LogP contribution is -2.14. The Labute approximate surface area is 145 Å². The van der Waals surface area contributed by atoms with Crippen LogP contribution in [0.3, 0.4) is 0 Å². The van der Waals surface area contributed by atoms with E-state index in [1.807, 2.05) is 25.3 Å². The van der Waals surface area contributed by atoms with Gasteiger partial charge in [0.05, 0.1) is 11.6 Å². The van der Waals surface area contributed by atoms with Crippen molar-refractivity contribution >= 4 is 27.3 Å². The van der Waals surface area contributed by atoms with E-state index in [0.29, 0.717) is 12.2 Å². The summed E-state index contributed by atoms with van der Waals surface area (Å²) in [6.07, 6.45) is 3.55. The lowest BCUT2D eigenvalue weighted by Gasteiger charge is -2.11. The van der Waals surface area contributed by atoms with Gasteiger partial charge in [0.2, 0.25) is 0 Å². The molecule has 124 valence electrons. The molecule has 7 heteroatoms. The van der Waals surface area contributed by atoms with Crippen molar-refractivity contribution in [2.45, 2.75) is 18.4 Å². The molecule has 0 aliphatic rings. The first-order valence-electron chi connectivity index (χ1n) is 7.29. The number of aromatic nitrogens is 2. The predicted molar refractivity (Wildman–Crippen MR) is 94.8 cm³/mol. The molecule has 0 aliphatic heterocycles. The number of nitrogens with one attached hydrogen (secondary N) is 1. The van der Waals surface area contributed by atoms with Crippen LogP contribution in [0.4, 0.5) is 5.69 Å². The highest BCUT2D eigenvalue weighted by Crippen LogP contribution is 2.25. The molecule has 0 amide bonds. The summed E-state index contributed by atoms with van der Waals surface area (Å²) in [5.74, 6) is 0. The molecule has 0 saturated carbocycles. The first kappa shape index (κ1) is 16.5. The first-order chi connectivity index (χ1) is 11.4. The zero-order valence-electron chi connectivity index (χ0n) is 13.0. The zero-order valence-corrected chi connectivity index (χ0v) is 14.6. The van der Waals surface area contributed by atoms with Gasteiger partial charge in [0.1, 0.15) is 4.90 Å². The van der Waals surface area contributed by atoms with Gasteiger partial charge in [0, 0.05) is 18.1 Å². The van der Waals surface area contributed by atoms with E-state index < -0.39 is 10.0 Å². The van der Waals surface area contributed by atoms with Gasteiger partial charge in [-0.2, -0.15) is 5.10 Å². The Hall–Kier alpha value is -2.31. The monoisotopic (exact) mass is 361 g/mol. The van der Waals surface area contributed by atoms with Gasteiger partial charge in [0.25, 0.3) is 10.0 Å². The quantitative estimate of drug-likeness (QED) is 0.753. The van der Waals surface area contributed by atoms with Crippen molar-refractivity contribution < 1.29 is 8.42 Å². The average molecular weight is 362 g/mol. The van der Waals surface area contributed by atoms with E-state index in [9.17, 15) is 8.42 Å². The number of rotatable bonds is 5. The molecule has 1 N–H and O–H groups in total. The average Bonchev–Trinajstić information content (AvgIpc) is 2.99. The third-order valence-corrected chi connectivity index (χ3v) is 5.32. The van der Waals surface area contributed by atoms with E-state index in [1.54, 1.807) is 41.2 Å². The van der Waals surface area contributed by atoms with E-state index in [4.69, 9.17) is 11.6 Å². The van der Waals surface area contributed by atoms with E-state index >= 15 is 0 Å². The van der Waals surface area contributed by atoms with Crippen molar-refractivity contribution in [3.05, 3.63) is 77.1 Å². The molecule has 0 unspecified atom stereocenters. The highest BCUT2D eigenvalue weighted by Gasteiger charge is 2.18. The molecule has 3 aromatic rings. The standard InChI is InChI=1S/C17H16ClN3O2S/c1-13-6-7-17(16(18)10-13)24(22,23)20-15-5-2-4-14(11-15)12-21-9-3-8-19-21/h2-11,20H,12H2,1H3. The highest BCUT2D eigenvalue weighted by molar-refractivity contribution is 7.92. The highest BCUT2D eigenvalue weighted by atomic mass is 35.5. The van der Waals surface area contributed by atoms with Crippen LogP contribution in [0, 0.1) is 6.92 Å². The SMILES string of the molecule is Cc1ccc(S(=O)(=O)Nc2cccc(Cn3cccn3)c2)c(Cl)c1. The van der Waals surface area contributed by atoms with Crippen molar-refractivity contribution in [2.24, 2.45) is 0 Å². The summed E-state index contributed by atoms with van der Waals surface area (Å²) in [6.45, 7) is 2.42. The molecule has 0 atom stereocenters. The van der Waals surface area contributed by atoms with Crippen LogP contribution in [0.5, 0.6) is 0 Å². The molecule has 1 heterocycles. The van der Waals surface area contributed by atoms with Gasteiger partial charge in [-0.3, -0.25) is 9.40 Å². The van der Waals surface area contributed by atoms with Crippen LogP contribution in [-0.4, -0.2) is 18.2 Å². The molecule has 0 bridgehead atoms. The lowest BCUT2D eigenvalue weighted by atomic mass is 10.2. The lowest BCUT2D eigenvalue weighted by molar-refractivity contribution is 0.601. The van der Waals surface area contributed by atoms with Crippen LogP contribution in [-0.2, 0) is 16.6 Å². The molecule has 1 aromatic heterocycles. The number of hydrogen-bond donors (Lipinski definition) is 1. The van der Waals surface area contributed by atoms with Gasteiger partial charge in [-0.25, -0.2) is 8.42 Å². The van der Waals surface area contributed by atoms with Crippen molar-refractivity contribution in [1.29, 1.82) is 0 Å². The predicted octanol–water partition coefficient (Wildman–Crippen LogP) is 3.69. The van der Waals surface area contributed by atoms with E-state index in [0.717, 1.165) is 11.1 Å². The molecule has 24 heavy (non-hydrogen) atoms. The van der Waals surface area contributed by atoms with Crippen LogP contribution < -0.4 is 4.72 Å². The minimum Gasteiger partial charge on any atom is -0.280 e. The summed E-state index contributed by atoms with van der Waals surface area (Å²) in [7, 11) is -3.74. The maximum Gasteiger partial charge on any atom is 0.263 e. The number of benzene rings is 2. The van der Waals surface area contributed by atoms with Gasteiger partial charge < -0.3 is 0 Å². The normalized spacial score (nSPS) is 11.4. The van der Waals surface area contributed by atoms with Crippen molar-refractivity contribution in [3.8, 4) is 0 Å². The first-order valence-corrected chi connectivity index (χ1v) is 9.15. The van der Waals surface area contributed by atoms with Crippen molar-refractivity contribution in [2.75, 3.05) is 4.72 Å². The number of halogens is 1. The number of anilines is 1. The maximum absolute atomic E-state index is 12.5. The Kier molecular flexibility index (Phi) is 4.59. The maximum atomic E-state index is 12.5. The van der Waals surface area contributed by atoms with Crippen LogP contribution in [0.25, 0.3) is 0 Å². The fraction of sp³-hybridized carbons (Fsp3) is 0.118. The van der Waals surface area contributed by atoms with E-state index in [2.05, 4.69) is 9.82 Å².